The number of amides is 3. The second-order valence-electron chi connectivity index (χ2n) is 10.0. The van der Waals surface area contributed by atoms with Crippen LogP contribution in [0.15, 0.2) is 36.5 Å². The summed E-state index contributed by atoms with van der Waals surface area (Å²) in [6.07, 6.45) is 4.79. The maximum atomic E-state index is 12.9. The number of hydrogen-bond donors (Lipinski definition) is 1. The third-order valence-electron chi connectivity index (χ3n) is 7.17. The normalized spacial score (nSPS) is 21.4. The van der Waals surface area contributed by atoms with Gasteiger partial charge in [0, 0.05) is 37.3 Å². The average molecular weight is 477 g/mol. The lowest BCUT2D eigenvalue weighted by Crippen LogP contribution is -2.52. The number of ether oxygens (including phenoxy) is 1. The number of carbonyl (C=O) groups is 3. The number of likely N-dealkylation sites (tertiary alicyclic amines) is 1. The van der Waals surface area contributed by atoms with Gasteiger partial charge < -0.3 is 9.64 Å². The molecule has 3 aliphatic rings. The molecule has 1 atom stereocenters. The van der Waals surface area contributed by atoms with Crippen LogP contribution in [0, 0.1) is 0 Å². The predicted octanol–water partition coefficient (Wildman–Crippen LogP) is 3.01. The van der Waals surface area contributed by atoms with Gasteiger partial charge in [0.25, 0.3) is 5.91 Å². The summed E-state index contributed by atoms with van der Waals surface area (Å²) < 4.78 is 5.63. The molecule has 2 fully saturated rings. The molecule has 1 unspecified atom stereocenters. The number of rotatable bonds is 6. The number of imide groups is 1. The predicted molar refractivity (Wildman–Crippen MR) is 130 cm³/mol. The van der Waals surface area contributed by atoms with E-state index >= 15 is 0 Å². The zero-order chi connectivity index (χ0) is 24.5. The second kappa shape index (κ2) is 9.77. The molecule has 4 heterocycles. The lowest BCUT2D eigenvalue weighted by atomic mass is 9.88. The van der Waals surface area contributed by atoms with E-state index in [1.165, 1.54) is 11.1 Å². The number of benzene rings is 1. The number of hydrogen-bond acceptors (Lipinski definition) is 6. The molecule has 0 aliphatic carbocycles. The van der Waals surface area contributed by atoms with Crippen molar-refractivity contribution in [2.45, 2.75) is 70.7 Å². The summed E-state index contributed by atoms with van der Waals surface area (Å²) in [5.74, 6) is 0.365. The number of nitrogens with zero attached hydrogens (tertiary/aromatic N) is 3. The van der Waals surface area contributed by atoms with Crippen molar-refractivity contribution in [1.29, 1.82) is 0 Å². The van der Waals surface area contributed by atoms with Crippen LogP contribution in [-0.4, -0.2) is 57.7 Å². The van der Waals surface area contributed by atoms with Gasteiger partial charge in [0.05, 0.1) is 6.10 Å². The highest BCUT2D eigenvalue weighted by atomic mass is 16.5. The van der Waals surface area contributed by atoms with E-state index in [-0.39, 0.29) is 30.2 Å². The summed E-state index contributed by atoms with van der Waals surface area (Å²) in [4.78, 5) is 45.2. The number of fused-ring (bicyclic) bond motifs is 1. The number of pyridine rings is 1. The molecule has 35 heavy (non-hydrogen) atoms. The molecule has 0 spiro atoms. The minimum absolute atomic E-state index is 0.116. The molecular formula is C27H32N4O4. The number of piperidine rings is 2. The molecule has 1 N–H and O–H groups in total. The van der Waals surface area contributed by atoms with E-state index in [0.29, 0.717) is 30.3 Å². The van der Waals surface area contributed by atoms with Crippen molar-refractivity contribution in [3.63, 3.8) is 0 Å². The maximum Gasteiger partial charge on any atom is 0.255 e. The molecule has 0 saturated carbocycles. The molecule has 184 valence electrons. The number of nitrogens with one attached hydrogen (secondary N) is 1. The Bertz CT molecular complexity index is 1120. The summed E-state index contributed by atoms with van der Waals surface area (Å²) in [5, 5.41) is 2.36. The minimum atomic E-state index is -0.570. The molecule has 0 radical (unpaired) electrons. The number of carbonyl (C=O) groups excluding carboxylic acids is 3. The average Bonchev–Trinajstić information content (AvgIpc) is 3.16. The van der Waals surface area contributed by atoms with E-state index in [9.17, 15) is 14.4 Å². The van der Waals surface area contributed by atoms with Crippen LogP contribution < -0.4 is 10.1 Å². The molecule has 1 aromatic heterocycles. The van der Waals surface area contributed by atoms with Gasteiger partial charge in [0.15, 0.2) is 0 Å². The lowest BCUT2D eigenvalue weighted by Gasteiger charge is -2.32. The van der Waals surface area contributed by atoms with Crippen molar-refractivity contribution in [3.8, 4) is 5.88 Å². The SMILES string of the molecule is CC(C)Oc1ccc(CN2CCC(c3ccc4c(c3)CN(C3CCC(=O)NC3=O)C4=O)CC2)cn1. The Labute approximate surface area is 205 Å². The van der Waals surface area contributed by atoms with Crippen LogP contribution in [0.25, 0.3) is 0 Å². The molecule has 0 bridgehead atoms. The Kier molecular flexibility index (Phi) is 6.56. The first-order chi connectivity index (χ1) is 16.9. The highest BCUT2D eigenvalue weighted by Gasteiger charge is 2.39. The molecule has 8 nitrogen and oxygen atoms in total. The van der Waals surface area contributed by atoms with E-state index in [1.807, 2.05) is 32.2 Å². The van der Waals surface area contributed by atoms with Gasteiger partial charge in [-0.1, -0.05) is 18.2 Å². The molecular weight excluding hydrogens is 444 g/mol. The Morgan fingerprint density at radius 3 is 2.57 bits per heavy atom. The molecule has 3 amide bonds. The Morgan fingerprint density at radius 1 is 1.09 bits per heavy atom. The van der Waals surface area contributed by atoms with Crippen LogP contribution in [-0.2, 0) is 22.7 Å². The molecule has 3 aliphatic heterocycles. The van der Waals surface area contributed by atoms with Crippen LogP contribution in [0.3, 0.4) is 0 Å². The third kappa shape index (κ3) is 5.07. The van der Waals surface area contributed by atoms with Crippen molar-refractivity contribution in [1.82, 2.24) is 20.1 Å². The van der Waals surface area contributed by atoms with Gasteiger partial charge in [0.1, 0.15) is 6.04 Å². The summed E-state index contributed by atoms with van der Waals surface area (Å²) in [6, 6.07) is 9.59. The first-order valence-corrected chi connectivity index (χ1v) is 12.5. The summed E-state index contributed by atoms with van der Waals surface area (Å²) in [7, 11) is 0. The van der Waals surface area contributed by atoms with E-state index in [0.717, 1.165) is 38.0 Å². The molecule has 2 aromatic rings. The van der Waals surface area contributed by atoms with E-state index in [2.05, 4.69) is 33.4 Å². The monoisotopic (exact) mass is 476 g/mol. The van der Waals surface area contributed by atoms with Crippen molar-refractivity contribution < 1.29 is 19.1 Å². The zero-order valence-electron chi connectivity index (χ0n) is 20.3. The van der Waals surface area contributed by atoms with E-state index in [4.69, 9.17) is 4.74 Å². The first kappa shape index (κ1) is 23.5. The standard InChI is InChI=1S/C27H32N4O4/c1-17(2)35-25-8-3-18(14-28-25)15-30-11-9-19(10-12-30)20-4-5-22-21(13-20)16-31(27(22)34)23-6-7-24(32)29-26(23)33/h3-5,8,13-14,17,19,23H,6-7,9-12,15-16H2,1-2H3,(H,29,32,33). The molecule has 8 heteroatoms. The van der Waals surface area contributed by atoms with E-state index in [1.54, 1.807) is 4.90 Å². The fourth-order valence-corrected chi connectivity index (χ4v) is 5.35. The number of aromatic nitrogens is 1. The van der Waals surface area contributed by atoms with Crippen LogP contribution in [0.4, 0.5) is 0 Å². The topological polar surface area (TPSA) is 91.8 Å². The van der Waals surface area contributed by atoms with Gasteiger partial charge in [0.2, 0.25) is 17.7 Å². The highest BCUT2D eigenvalue weighted by Crippen LogP contribution is 2.34. The fourth-order valence-electron chi connectivity index (χ4n) is 5.35. The molecule has 1 aromatic carbocycles. The van der Waals surface area contributed by atoms with Crippen molar-refractivity contribution in [3.05, 3.63) is 58.8 Å². The maximum absolute atomic E-state index is 12.9. The Balaban J connectivity index is 1.18. The van der Waals surface area contributed by atoms with Crippen molar-refractivity contribution >= 4 is 17.7 Å². The summed E-state index contributed by atoms with van der Waals surface area (Å²) >= 11 is 0. The van der Waals surface area contributed by atoms with Crippen LogP contribution >= 0.6 is 0 Å². The van der Waals surface area contributed by atoms with Crippen molar-refractivity contribution in [2.75, 3.05) is 13.1 Å². The second-order valence-corrected chi connectivity index (χ2v) is 10.0. The van der Waals surface area contributed by atoms with Gasteiger partial charge in [-0.3, -0.25) is 24.6 Å². The van der Waals surface area contributed by atoms with Crippen molar-refractivity contribution in [2.24, 2.45) is 0 Å². The van der Waals surface area contributed by atoms with Gasteiger partial charge in [-0.25, -0.2) is 4.98 Å². The smallest absolute Gasteiger partial charge is 0.255 e. The van der Waals surface area contributed by atoms with Gasteiger partial charge in [-0.15, -0.1) is 0 Å². The quantitative estimate of drug-likeness (QED) is 0.645. The Morgan fingerprint density at radius 2 is 1.89 bits per heavy atom. The Hall–Kier alpha value is -3.26. The summed E-state index contributed by atoms with van der Waals surface area (Å²) in [6.45, 7) is 7.30. The van der Waals surface area contributed by atoms with Gasteiger partial charge >= 0.3 is 0 Å². The largest absolute Gasteiger partial charge is 0.475 e. The summed E-state index contributed by atoms with van der Waals surface area (Å²) in [5.41, 5.74) is 4.10. The first-order valence-electron chi connectivity index (χ1n) is 12.5. The zero-order valence-corrected chi connectivity index (χ0v) is 20.3. The fraction of sp³-hybridized carbons (Fsp3) is 0.481. The van der Waals surface area contributed by atoms with Gasteiger partial charge in [-0.2, -0.15) is 0 Å². The minimum Gasteiger partial charge on any atom is -0.475 e. The lowest BCUT2D eigenvalue weighted by molar-refractivity contribution is -0.136. The third-order valence-corrected chi connectivity index (χ3v) is 7.17. The molecule has 5 rings (SSSR count). The van der Waals surface area contributed by atoms with Crippen LogP contribution in [0.1, 0.15) is 72.5 Å². The van der Waals surface area contributed by atoms with E-state index < -0.39 is 6.04 Å². The highest BCUT2D eigenvalue weighted by molar-refractivity contribution is 6.05. The van der Waals surface area contributed by atoms with Crippen LogP contribution in [0.5, 0.6) is 5.88 Å². The molecule has 2 saturated heterocycles. The van der Waals surface area contributed by atoms with Crippen LogP contribution in [0.2, 0.25) is 0 Å². The van der Waals surface area contributed by atoms with Gasteiger partial charge in [-0.05, 0) is 74.9 Å².